The van der Waals surface area contributed by atoms with Crippen LogP contribution in [0.15, 0.2) is 64.9 Å². The van der Waals surface area contributed by atoms with Crippen molar-refractivity contribution >= 4 is 33.0 Å². The van der Waals surface area contributed by atoms with Crippen LogP contribution in [0.25, 0.3) is 0 Å². The zero-order chi connectivity index (χ0) is 22.7. The Kier molecular flexibility index (Phi) is 6.64. The maximum atomic E-state index is 12.9. The predicted octanol–water partition coefficient (Wildman–Crippen LogP) is 3.81. The Morgan fingerprint density at radius 3 is 2.34 bits per heavy atom. The molecule has 0 spiro atoms. The van der Waals surface area contributed by atoms with Crippen LogP contribution in [0, 0.1) is 13.8 Å². The molecule has 0 saturated carbocycles. The van der Waals surface area contributed by atoms with Gasteiger partial charge in [-0.1, -0.05) is 18.2 Å². The molecule has 1 aliphatic rings. The van der Waals surface area contributed by atoms with Crippen LogP contribution < -0.4 is 9.62 Å². The molecule has 4 rings (SSSR count). The third kappa shape index (κ3) is 4.87. The zero-order valence-corrected chi connectivity index (χ0v) is 19.9. The summed E-state index contributed by atoms with van der Waals surface area (Å²) < 4.78 is 27.7. The van der Waals surface area contributed by atoms with Gasteiger partial charge in [-0.15, -0.1) is 11.3 Å². The van der Waals surface area contributed by atoms with Gasteiger partial charge < -0.3 is 9.80 Å². The molecule has 6 nitrogen and oxygen atoms in total. The lowest BCUT2D eigenvalue weighted by molar-refractivity contribution is 0.0746. The molecule has 0 unspecified atom stereocenters. The molecular formula is C24H27N3O3S2. The first-order valence-electron chi connectivity index (χ1n) is 10.6. The summed E-state index contributed by atoms with van der Waals surface area (Å²) in [6, 6.07) is 16.3. The minimum Gasteiger partial charge on any atom is -0.368 e. The van der Waals surface area contributed by atoms with E-state index in [-0.39, 0.29) is 17.3 Å². The van der Waals surface area contributed by atoms with Crippen molar-refractivity contribution in [3.63, 3.8) is 0 Å². The van der Waals surface area contributed by atoms with Gasteiger partial charge in [0.25, 0.3) is 5.91 Å². The number of anilines is 1. The molecular weight excluding hydrogens is 442 g/mol. The Labute approximate surface area is 193 Å². The summed E-state index contributed by atoms with van der Waals surface area (Å²) in [7, 11) is -3.62. The Hall–Kier alpha value is -2.68. The van der Waals surface area contributed by atoms with Crippen LogP contribution in [0.4, 0.5) is 5.69 Å². The van der Waals surface area contributed by atoms with Gasteiger partial charge in [0.15, 0.2) is 0 Å². The second-order valence-electron chi connectivity index (χ2n) is 7.93. The molecule has 1 saturated heterocycles. The first kappa shape index (κ1) is 22.5. The van der Waals surface area contributed by atoms with Crippen LogP contribution >= 0.6 is 11.3 Å². The fraction of sp³-hybridized carbons (Fsp3) is 0.292. The molecule has 32 heavy (non-hydrogen) atoms. The van der Waals surface area contributed by atoms with Crippen molar-refractivity contribution in [2.24, 2.45) is 0 Å². The summed E-state index contributed by atoms with van der Waals surface area (Å²) in [5.74, 6) is -0.0684. The summed E-state index contributed by atoms with van der Waals surface area (Å²) in [6.07, 6.45) is 0. The van der Waals surface area contributed by atoms with E-state index in [1.54, 1.807) is 12.1 Å². The maximum absolute atomic E-state index is 12.9. The Morgan fingerprint density at radius 2 is 1.69 bits per heavy atom. The summed E-state index contributed by atoms with van der Waals surface area (Å²) in [5.41, 5.74) is 4.27. The molecule has 2 aromatic carbocycles. The Morgan fingerprint density at radius 1 is 0.969 bits per heavy atom. The van der Waals surface area contributed by atoms with Crippen molar-refractivity contribution in [3.8, 4) is 0 Å². The number of benzene rings is 2. The van der Waals surface area contributed by atoms with Gasteiger partial charge in [-0.05, 0) is 66.8 Å². The third-order valence-corrected chi connectivity index (χ3v) is 8.21. The standard InChI is InChI=1S/C24H27N3O3S2/c1-18-5-3-7-23(19(18)2)26-12-14-27(15-13-26)24(28)20-8-10-22(11-9-20)32(29,30)25-17-21-6-4-16-31-21/h3-11,16,25H,12-15,17H2,1-2H3. The first-order chi connectivity index (χ1) is 15.3. The topological polar surface area (TPSA) is 69.7 Å². The molecule has 1 aliphatic heterocycles. The molecule has 3 aromatic rings. The van der Waals surface area contributed by atoms with Gasteiger partial charge in [0, 0.05) is 48.9 Å². The lowest BCUT2D eigenvalue weighted by Gasteiger charge is -2.37. The van der Waals surface area contributed by atoms with E-state index in [4.69, 9.17) is 0 Å². The van der Waals surface area contributed by atoms with E-state index in [2.05, 4.69) is 41.7 Å². The minimum atomic E-state index is -3.62. The van der Waals surface area contributed by atoms with Crippen LogP contribution in [0.5, 0.6) is 0 Å². The molecule has 1 fully saturated rings. The molecule has 0 atom stereocenters. The molecule has 0 aliphatic carbocycles. The number of aryl methyl sites for hydroxylation is 1. The second kappa shape index (κ2) is 9.44. The van der Waals surface area contributed by atoms with Gasteiger partial charge in [-0.2, -0.15) is 0 Å². The van der Waals surface area contributed by atoms with E-state index in [1.165, 1.54) is 40.3 Å². The Bertz CT molecular complexity index is 1180. The molecule has 1 aromatic heterocycles. The number of carbonyl (C=O) groups excluding carboxylic acids is 1. The van der Waals surface area contributed by atoms with E-state index in [0.717, 1.165) is 18.0 Å². The van der Waals surface area contributed by atoms with Gasteiger partial charge in [0.05, 0.1) is 4.90 Å². The van der Waals surface area contributed by atoms with Crippen LogP contribution in [0.3, 0.4) is 0 Å². The SMILES string of the molecule is Cc1cccc(N2CCN(C(=O)c3ccc(S(=O)(=O)NCc4cccs4)cc3)CC2)c1C. The van der Waals surface area contributed by atoms with Gasteiger partial charge in [0.2, 0.25) is 10.0 Å². The number of piperazine rings is 1. The number of thiophene rings is 1. The molecule has 2 heterocycles. The summed E-state index contributed by atoms with van der Waals surface area (Å²) in [5, 5.41) is 1.91. The second-order valence-corrected chi connectivity index (χ2v) is 10.7. The third-order valence-electron chi connectivity index (χ3n) is 5.91. The monoisotopic (exact) mass is 469 g/mol. The van der Waals surface area contributed by atoms with Crippen LogP contribution in [-0.2, 0) is 16.6 Å². The van der Waals surface area contributed by atoms with Gasteiger partial charge in [0.1, 0.15) is 0 Å². The number of nitrogens with zero attached hydrogens (tertiary/aromatic N) is 2. The number of nitrogens with one attached hydrogen (secondary N) is 1. The van der Waals surface area contributed by atoms with E-state index in [1.807, 2.05) is 22.4 Å². The van der Waals surface area contributed by atoms with Crippen molar-refractivity contribution in [2.75, 3.05) is 31.1 Å². The van der Waals surface area contributed by atoms with Crippen molar-refractivity contribution in [1.82, 2.24) is 9.62 Å². The molecule has 1 N–H and O–H groups in total. The molecule has 0 bridgehead atoms. The maximum Gasteiger partial charge on any atom is 0.253 e. The number of amides is 1. The number of sulfonamides is 1. The van der Waals surface area contributed by atoms with Crippen molar-refractivity contribution in [3.05, 3.63) is 81.5 Å². The fourth-order valence-electron chi connectivity index (χ4n) is 3.85. The molecule has 1 amide bonds. The lowest BCUT2D eigenvalue weighted by atomic mass is 10.1. The van der Waals surface area contributed by atoms with Gasteiger partial charge >= 0.3 is 0 Å². The van der Waals surface area contributed by atoms with E-state index < -0.39 is 10.0 Å². The lowest BCUT2D eigenvalue weighted by Crippen LogP contribution is -2.49. The van der Waals surface area contributed by atoms with Crippen LogP contribution in [-0.4, -0.2) is 45.4 Å². The molecule has 168 valence electrons. The van der Waals surface area contributed by atoms with Crippen molar-refractivity contribution < 1.29 is 13.2 Å². The highest BCUT2D eigenvalue weighted by Gasteiger charge is 2.24. The van der Waals surface area contributed by atoms with Crippen molar-refractivity contribution in [2.45, 2.75) is 25.3 Å². The number of rotatable bonds is 6. The average Bonchev–Trinajstić information content (AvgIpc) is 3.33. The average molecular weight is 470 g/mol. The Balaban J connectivity index is 1.37. The van der Waals surface area contributed by atoms with E-state index >= 15 is 0 Å². The smallest absolute Gasteiger partial charge is 0.253 e. The highest BCUT2D eigenvalue weighted by atomic mass is 32.2. The van der Waals surface area contributed by atoms with Crippen LogP contribution in [0.2, 0.25) is 0 Å². The normalized spacial score (nSPS) is 14.6. The summed E-state index contributed by atoms with van der Waals surface area (Å²) in [6.45, 7) is 7.31. The van der Waals surface area contributed by atoms with E-state index in [9.17, 15) is 13.2 Å². The molecule has 0 radical (unpaired) electrons. The first-order valence-corrected chi connectivity index (χ1v) is 12.9. The highest BCUT2D eigenvalue weighted by molar-refractivity contribution is 7.89. The predicted molar refractivity (Wildman–Crippen MR) is 129 cm³/mol. The van der Waals surface area contributed by atoms with E-state index in [0.29, 0.717) is 18.7 Å². The fourth-order valence-corrected chi connectivity index (χ4v) is 5.59. The molecule has 8 heteroatoms. The largest absolute Gasteiger partial charge is 0.368 e. The van der Waals surface area contributed by atoms with Crippen molar-refractivity contribution in [1.29, 1.82) is 0 Å². The quantitative estimate of drug-likeness (QED) is 0.596. The summed E-state index contributed by atoms with van der Waals surface area (Å²) >= 11 is 1.50. The van der Waals surface area contributed by atoms with Gasteiger partial charge in [-0.3, -0.25) is 4.79 Å². The number of carbonyl (C=O) groups is 1. The minimum absolute atomic E-state index is 0.0684. The number of hydrogen-bond acceptors (Lipinski definition) is 5. The van der Waals surface area contributed by atoms with Gasteiger partial charge in [-0.25, -0.2) is 13.1 Å². The number of hydrogen-bond donors (Lipinski definition) is 1. The summed E-state index contributed by atoms with van der Waals surface area (Å²) in [4.78, 5) is 18.2. The zero-order valence-electron chi connectivity index (χ0n) is 18.2. The van der Waals surface area contributed by atoms with Crippen LogP contribution in [0.1, 0.15) is 26.4 Å². The highest BCUT2D eigenvalue weighted by Crippen LogP contribution is 2.24.